The Hall–Kier alpha value is -0.480. The monoisotopic (exact) mass is 221 g/mol. The number of terminal acetylenes is 1. The van der Waals surface area contributed by atoms with Gasteiger partial charge in [0.25, 0.3) is 0 Å². The minimum atomic E-state index is 0.666. The fourth-order valence-electron chi connectivity index (χ4n) is 2.73. The zero-order chi connectivity index (χ0) is 11.6. The summed E-state index contributed by atoms with van der Waals surface area (Å²) in [6.07, 6.45) is 17.2. The molecule has 0 amide bonds. The fourth-order valence-corrected chi connectivity index (χ4v) is 2.73. The topological polar surface area (TPSA) is 12.0 Å². The predicted octanol–water partition coefficient (Wildman–Crippen LogP) is 3.74. The molecule has 0 aromatic rings. The first-order chi connectivity index (χ1) is 7.86. The standard InChI is InChI=1S/C15H27N/c1-3-5-11-15(16-12-4-2)13-14-9-7-6-8-10-14/h1,14-16H,4-13H2,2H3. The van der Waals surface area contributed by atoms with Crippen molar-refractivity contribution in [1.82, 2.24) is 5.32 Å². The molecule has 0 radical (unpaired) electrons. The van der Waals surface area contributed by atoms with Gasteiger partial charge in [-0.25, -0.2) is 0 Å². The van der Waals surface area contributed by atoms with Gasteiger partial charge in [0, 0.05) is 12.5 Å². The summed E-state index contributed by atoms with van der Waals surface area (Å²) in [5.41, 5.74) is 0. The molecule has 1 aliphatic rings. The van der Waals surface area contributed by atoms with Gasteiger partial charge in [-0.2, -0.15) is 0 Å². The average molecular weight is 221 g/mol. The first-order valence-corrected chi connectivity index (χ1v) is 7.03. The second kappa shape index (κ2) is 8.65. The van der Waals surface area contributed by atoms with E-state index in [0.717, 1.165) is 25.3 Å². The van der Waals surface area contributed by atoms with Crippen LogP contribution in [0.15, 0.2) is 0 Å². The zero-order valence-electron chi connectivity index (χ0n) is 10.8. The van der Waals surface area contributed by atoms with Crippen molar-refractivity contribution in [2.24, 2.45) is 5.92 Å². The largest absolute Gasteiger partial charge is 0.314 e. The average Bonchev–Trinajstić information content (AvgIpc) is 2.34. The molecule has 0 aromatic carbocycles. The summed E-state index contributed by atoms with van der Waals surface area (Å²) in [6, 6.07) is 0.666. The zero-order valence-corrected chi connectivity index (χ0v) is 10.8. The van der Waals surface area contributed by atoms with Crippen molar-refractivity contribution in [3.8, 4) is 12.3 Å². The van der Waals surface area contributed by atoms with Crippen molar-refractivity contribution in [3.05, 3.63) is 0 Å². The van der Waals surface area contributed by atoms with Crippen LogP contribution in [0.1, 0.15) is 64.7 Å². The second-order valence-corrected chi connectivity index (χ2v) is 5.13. The van der Waals surface area contributed by atoms with E-state index in [9.17, 15) is 0 Å². The summed E-state index contributed by atoms with van der Waals surface area (Å²) in [5.74, 6) is 3.73. The Morgan fingerprint density at radius 3 is 2.69 bits per heavy atom. The van der Waals surface area contributed by atoms with Crippen molar-refractivity contribution in [1.29, 1.82) is 0 Å². The SMILES string of the molecule is C#CCCC(CC1CCCCC1)NCCC. The highest BCUT2D eigenvalue weighted by atomic mass is 14.9. The molecular formula is C15H27N. The highest BCUT2D eigenvalue weighted by Crippen LogP contribution is 2.28. The van der Waals surface area contributed by atoms with Crippen LogP contribution in [0.4, 0.5) is 0 Å². The summed E-state index contributed by atoms with van der Waals surface area (Å²) in [7, 11) is 0. The van der Waals surface area contributed by atoms with Crippen molar-refractivity contribution >= 4 is 0 Å². The van der Waals surface area contributed by atoms with Crippen molar-refractivity contribution in [2.75, 3.05) is 6.54 Å². The molecule has 1 fully saturated rings. The molecule has 92 valence electrons. The molecule has 1 aliphatic carbocycles. The molecular weight excluding hydrogens is 194 g/mol. The van der Waals surface area contributed by atoms with Gasteiger partial charge in [-0.05, 0) is 31.7 Å². The van der Waals surface area contributed by atoms with Gasteiger partial charge in [-0.1, -0.05) is 39.0 Å². The first kappa shape index (κ1) is 13.6. The molecule has 1 unspecified atom stereocenters. The summed E-state index contributed by atoms with van der Waals surface area (Å²) in [4.78, 5) is 0. The highest BCUT2D eigenvalue weighted by molar-refractivity contribution is 4.86. The molecule has 1 saturated carbocycles. The predicted molar refractivity (Wildman–Crippen MR) is 71.3 cm³/mol. The van der Waals surface area contributed by atoms with Gasteiger partial charge >= 0.3 is 0 Å². The lowest BCUT2D eigenvalue weighted by Gasteiger charge is -2.27. The third-order valence-electron chi connectivity index (χ3n) is 3.66. The van der Waals surface area contributed by atoms with Crippen LogP contribution in [-0.2, 0) is 0 Å². The first-order valence-electron chi connectivity index (χ1n) is 7.03. The molecule has 0 heterocycles. The highest BCUT2D eigenvalue weighted by Gasteiger charge is 2.18. The number of rotatable bonds is 7. The van der Waals surface area contributed by atoms with E-state index in [-0.39, 0.29) is 0 Å². The molecule has 0 aromatic heterocycles. The van der Waals surface area contributed by atoms with Gasteiger partial charge in [0.2, 0.25) is 0 Å². The quantitative estimate of drug-likeness (QED) is 0.646. The minimum Gasteiger partial charge on any atom is -0.314 e. The summed E-state index contributed by atoms with van der Waals surface area (Å²) >= 11 is 0. The third kappa shape index (κ3) is 5.56. The van der Waals surface area contributed by atoms with Crippen LogP contribution in [0.5, 0.6) is 0 Å². The Morgan fingerprint density at radius 1 is 1.31 bits per heavy atom. The van der Waals surface area contributed by atoms with E-state index in [1.807, 2.05) is 0 Å². The molecule has 0 spiro atoms. The molecule has 0 bridgehead atoms. The van der Waals surface area contributed by atoms with E-state index in [1.54, 1.807) is 0 Å². The van der Waals surface area contributed by atoms with Crippen LogP contribution >= 0.6 is 0 Å². The summed E-state index contributed by atoms with van der Waals surface area (Å²) in [6.45, 7) is 3.37. The van der Waals surface area contributed by atoms with Gasteiger partial charge < -0.3 is 5.32 Å². The molecule has 0 aliphatic heterocycles. The Morgan fingerprint density at radius 2 is 2.06 bits per heavy atom. The summed E-state index contributed by atoms with van der Waals surface area (Å²) in [5, 5.41) is 3.66. The lowest BCUT2D eigenvalue weighted by molar-refractivity contribution is 0.292. The lowest BCUT2D eigenvalue weighted by Crippen LogP contribution is -2.32. The van der Waals surface area contributed by atoms with Crippen LogP contribution in [0.2, 0.25) is 0 Å². The van der Waals surface area contributed by atoms with E-state index in [1.165, 1.54) is 44.9 Å². The second-order valence-electron chi connectivity index (χ2n) is 5.13. The maximum atomic E-state index is 5.36. The van der Waals surface area contributed by atoms with E-state index in [4.69, 9.17) is 6.42 Å². The molecule has 0 saturated heterocycles. The molecule has 1 rings (SSSR count). The molecule has 16 heavy (non-hydrogen) atoms. The lowest BCUT2D eigenvalue weighted by atomic mass is 9.84. The van der Waals surface area contributed by atoms with Crippen molar-refractivity contribution in [2.45, 2.75) is 70.8 Å². The van der Waals surface area contributed by atoms with Gasteiger partial charge in [0.1, 0.15) is 0 Å². The van der Waals surface area contributed by atoms with Crippen LogP contribution in [-0.4, -0.2) is 12.6 Å². The molecule has 1 atom stereocenters. The Labute approximate surface area is 101 Å². The van der Waals surface area contributed by atoms with Gasteiger partial charge in [-0.3, -0.25) is 0 Å². The van der Waals surface area contributed by atoms with Crippen molar-refractivity contribution < 1.29 is 0 Å². The van der Waals surface area contributed by atoms with Gasteiger partial charge in [0.05, 0.1) is 0 Å². The van der Waals surface area contributed by atoms with E-state index >= 15 is 0 Å². The smallest absolute Gasteiger partial charge is 0.0101 e. The molecule has 1 N–H and O–H groups in total. The number of nitrogens with one attached hydrogen (secondary N) is 1. The number of hydrogen-bond acceptors (Lipinski definition) is 1. The molecule has 1 heteroatoms. The van der Waals surface area contributed by atoms with E-state index in [2.05, 4.69) is 18.2 Å². The Kier molecular flexibility index (Phi) is 7.34. The fraction of sp³-hybridized carbons (Fsp3) is 0.867. The van der Waals surface area contributed by atoms with E-state index < -0.39 is 0 Å². The minimum absolute atomic E-state index is 0.666. The number of hydrogen-bond donors (Lipinski definition) is 1. The van der Waals surface area contributed by atoms with Crippen LogP contribution in [0.25, 0.3) is 0 Å². The van der Waals surface area contributed by atoms with Crippen LogP contribution in [0, 0.1) is 18.3 Å². The van der Waals surface area contributed by atoms with E-state index in [0.29, 0.717) is 6.04 Å². The van der Waals surface area contributed by atoms with Gasteiger partial charge in [-0.15, -0.1) is 12.3 Å². The van der Waals surface area contributed by atoms with Gasteiger partial charge in [0.15, 0.2) is 0 Å². The maximum Gasteiger partial charge on any atom is 0.0101 e. The van der Waals surface area contributed by atoms with Crippen molar-refractivity contribution in [3.63, 3.8) is 0 Å². The third-order valence-corrected chi connectivity index (χ3v) is 3.66. The van der Waals surface area contributed by atoms with Crippen LogP contribution < -0.4 is 5.32 Å². The normalized spacial score (nSPS) is 19.2. The Bertz CT molecular complexity index is 198. The Balaban J connectivity index is 2.26. The summed E-state index contributed by atoms with van der Waals surface area (Å²) < 4.78 is 0. The maximum absolute atomic E-state index is 5.36. The van der Waals surface area contributed by atoms with Crippen LogP contribution in [0.3, 0.4) is 0 Å². The molecule has 1 nitrogen and oxygen atoms in total.